The van der Waals surface area contributed by atoms with Crippen LogP contribution in [0, 0.1) is 18.3 Å². The number of piperazine rings is 1. The van der Waals surface area contributed by atoms with Crippen molar-refractivity contribution in [1.29, 1.82) is 5.26 Å². The number of nitriles is 1. The number of hydrogen-bond donors (Lipinski definition) is 1. The molecule has 1 atom stereocenters. The molecule has 1 aromatic heterocycles. The molecular weight excluding hydrogens is 364 g/mol. The molecule has 0 radical (unpaired) electrons. The molecular formula is C22H30N6O. The van der Waals surface area contributed by atoms with Crippen LogP contribution in [0.3, 0.4) is 0 Å². The van der Waals surface area contributed by atoms with Crippen molar-refractivity contribution in [2.75, 3.05) is 31.6 Å². The summed E-state index contributed by atoms with van der Waals surface area (Å²) in [4.78, 5) is 25.4. The van der Waals surface area contributed by atoms with Gasteiger partial charge in [-0.1, -0.05) is 6.92 Å². The summed E-state index contributed by atoms with van der Waals surface area (Å²) >= 11 is 0. The number of nitrogens with two attached hydrogens (primary N) is 1. The van der Waals surface area contributed by atoms with Gasteiger partial charge >= 0.3 is 0 Å². The van der Waals surface area contributed by atoms with Gasteiger partial charge in [-0.25, -0.2) is 4.98 Å². The Morgan fingerprint density at radius 3 is 2.66 bits per heavy atom. The summed E-state index contributed by atoms with van der Waals surface area (Å²) in [5, 5.41) is 9.96. The van der Waals surface area contributed by atoms with Gasteiger partial charge in [0.2, 0.25) is 5.91 Å². The molecule has 29 heavy (non-hydrogen) atoms. The van der Waals surface area contributed by atoms with Crippen LogP contribution in [0.1, 0.15) is 61.4 Å². The Morgan fingerprint density at radius 1 is 1.41 bits per heavy atom. The standard InChI is InChI=1S/C22H30N6O/c1-5-19(29)28-9-8-27(13-14(28)2)22-18(11-24)15(3)20(17(10-23)12-25-4)21(26-22)16-6-7-16/h10,12,14,16H,5-9,13,23H2,1-4H3. The Labute approximate surface area is 172 Å². The minimum atomic E-state index is 0.0839. The lowest BCUT2D eigenvalue weighted by molar-refractivity contribution is -0.133. The van der Waals surface area contributed by atoms with Crippen LogP contribution in [-0.4, -0.2) is 54.7 Å². The lowest BCUT2D eigenvalue weighted by Crippen LogP contribution is -2.54. The molecule has 2 N–H and O–H groups in total. The number of aromatic nitrogens is 1. The van der Waals surface area contributed by atoms with Gasteiger partial charge in [-0.3, -0.25) is 9.79 Å². The predicted molar refractivity (Wildman–Crippen MR) is 116 cm³/mol. The summed E-state index contributed by atoms with van der Waals surface area (Å²) in [6.07, 6.45) is 5.98. The zero-order chi connectivity index (χ0) is 21.1. The van der Waals surface area contributed by atoms with Gasteiger partial charge in [0.05, 0.1) is 11.3 Å². The first-order valence-corrected chi connectivity index (χ1v) is 10.3. The van der Waals surface area contributed by atoms with Gasteiger partial charge in [0.15, 0.2) is 0 Å². The van der Waals surface area contributed by atoms with Gasteiger partial charge in [-0.05, 0) is 32.3 Å². The summed E-state index contributed by atoms with van der Waals surface area (Å²) in [5.74, 6) is 1.30. The van der Waals surface area contributed by atoms with Crippen molar-refractivity contribution < 1.29 is 4.79 Å². The Balaban J connectivity index is 2.05. The molecule has 2 fully saturated rings. The third kappa shape index (κ3) is 3.98. The molecule has 0 spiro atoms. The van der Waals surface area contributed by atoms with E-state index in [0.717, 1.165) is 41.1 Å². The summed E-state index contributed by atoms with van der Waals surface area (Å²) < 4.78 is 0. The van der Waals surface area contributed by atoms with Gasteiger partial charge in [0, 0.05) is 68.6 Å². The molecule has 3 rings (SSSR count). The molecule has 7 heteroatoms. The van der Waals surface area contributed by atoms with E-state index in [1.54, 1.807) is 19.5 Å². The number of hydrogen-bond acceptors (Lipinski definition) is 6. The Kier molecular flexibility index (Phi) is 6.21. The number of rotatable bonds is 5. The minimum absolute atomic E-state index is 0.0839. The molecule has 0 aromatic carbocycles. The first-order chi connectivity index (χ1) is 14.0. The van der Waals surface area contributed by atoms with Crippen molar-refractivity contribution in [3.63, 3.8) is 0 Å². The quantitative estimate of drug-likeness (QED) is 0.774. The van der Waals surface area contributed by atoms with Crippen molar-refractivity contribution >= 4 is 23.5 Å². The Morgan fingerprint density at radius 2 is 2.14 bits per heavy atom. The van der Waals surface area contributed by atoms with Crippen LogP contribution in [0.4, 0.5) is 5.82 Å². The second-order valence-corrected chi connectivity index (χ2v) is 7.83. The van der Waals surface area contributed by atoms with Crippen molar-refractivity contribution in [3.05, 3.63) is 28.6 Å². The average Bonchev–Trinajstić information content (AvgIpc) is 3.56. The molecule has 1 unspecified atom stereocenters. The summed E-state index contributed by atoms with van der Waals surface area (Å²) in [6.45, 7) is 7.92. The topological polar surface area (TPSA) is 98.6 Å². The van der Waals surface area contributed by atoms with Gasteiger partial charge in [-0.15, -0.1) is 0 Å². The highest BCUT2D eigenvalue weighted by Crippen LogP contribution is 2.44. The zero-order valence-corrected chi connectivity index (χ0v) is 17.8. The van der Waals surface area contributed by atoms with Crippen molar-refractivity contribution in [3.8, 4) is 6.07 Å². The molecule has 1 saturated heterocycles. The molecule has 7 nitrogen and oxygen atoms in total. The van der Waals surface area contributed by atoms with Crippen LogP contribution in [0.5, 0.6) is 0 Å². The number of carbonyl (C=O) groups is 1. The first kappa shape index (κ1) is 20.8. The highest BCUT2D eigenvalue weighted by atomic mass is 16.2. The monoisotopic (exact) mass is 394 g/mol. The normalized spacial score (nSPS) is 20.2. The van der Waals surface area contributed by atoms with Crippen LogP contribution in [-0.2, 0) is 4.79 Å². The fourth-order valence-corrected chi connectivity index (χ4v) is 4.14. The SMILES string of the molecule is CCC(=O)N1CCN(c2nc(C3CC3)c(C(C=NC)=CN)c(C)c2C#N)CC1C. The molecule has 1 aliphatic heterocycles. The number of carbonyl (C=O) groups excluding carboxylic acids is 1. The molecule has 1 saturated carbocycles. The number of nitrogens with zero attached hydrogens (tertiary/aromatic N) is 5. The van der Waals surface area contributed by atoms with Crippen LogP contribution >= 0.6 is 0 Å². The van der Waals surface area contributed by atoms with E-state index in [9.17, 15) is 10.1 Å². The van der Waals surface area contributed by atoms with Crippen molar-refractivity contribution in [2.24, 2.45) is 10.7 Å². The van der Waals surface area contributed by atoms with E-state index in [1.807, 2.05) is 18.7 Å². The number of aliphatic imine (C=N–C) groups is 1. The predicted octanol–water partition coefficient (Wildman–Crippen LogP) is 2.59. The van der Waals surface area contributed by atoms with E-state index >= 15 is 0 Å². The number of pyridine rings is 1. The largest absolute Gasteiger partial charge is 0.404 e. The van der Waals surface area contributed by atoms with Crippen LogP contribution in [0.2, 0.25) is 0 Å². The van der Waals surface area contributed by atoms with Gasteiger partial charge < -0.3 is 15.5 Å². The Hall–Kier alpha value is -2.88. The molecule has 2 aliphatic rings. The Bertz CT molecular complexity index is 894. The lowest BCUT2D eigenvalue weighted by atomic mass is 9.94. The number of allylic oxidation sites excluding steroid dienone is 1. The third-order valence-electron chi connectivity index (χ3n) is 5.82. The van der Waals surface area contributed by atoms with E-state index in [0.29, 0.717) is 37.5 Å². The molecule has 1 aliphatic carbocycles. The van der Waals surface area contributed by atoms with E-state index in [2.05, 4.69) is 22.9 Å². The smallest absolute Gasteiger partial charge is 0.222 e. The highest BCUT2D eigenvalue weighted by molar-refractivity contribution is 6.11. The maximum Gasteiger partial charge on any atom is 0.222 e. The third-order valence-corrected chi connectivity index (χ3v) is 5.82. The second kappa shape index (κ2) is 8.64. The number of amides is 1. The van der Waals surface area contributed by atoms with Gasteiger partial charge in [-0.2, -0.15) is 5.26 Å². The molecule has 1 amide bonds. The molecule has 154 valence electrons. The maximum atomic E-state index is 12.2. The fraction of sp³-hybridized carbons (Fsp3) is 0.545. The van der Waals surface area contributed by atoms with Crippen molar-refractivity contribution in [2.45, 2.75) is 52.0 Å². The highest BCUT2D eigenvalue weighted by Gasteiger charge is 2.34. The molecule has 0 bridgehead atoms. The average molecular weight is 395 g/mol. The van der Waals surface area contributed by atoms with Gasteiger partial charge in [0.25, 0.3) is 0 Å². The summed E-state index contributed by atoms with van der Waals surface area (Å²) in [7, 11) is 1.71. The minimum Gasteiger partial charge on any atom is -0.404 e. The van der Waals surface area contributed by atoms with Crippen molar-refractivity contribution in [1.82, 2.24) is 9.88 Å². The van der Waals surface area contributed by atoms with E-state index in [4.69, 9.17) is 10.7 Å². The van der Waals surface area contributed by atoms with E-state index < -0.39 is 0 Å². The van der Waals surface area contributed by atoms with Crippen LogP contribution in [0.25, 0.3) is 5.57 Å². The zero-order valence-electron chi connectivity index (χ0n) is 17.8. The van der Waals surface area contributed by atoms with Crippen LogP contribution < -0.4 is 10.6 Å². The number of anilines is 1. The fourth-order valence-electron chi connectivity index (χ4n) is 4.14. The van der Waals surface area contributed by atoms with Gasteiger partial charge in [0.1, 0.15) is 11.9 Å². The molecule has 2 heterocycles. The van der Waals surface area contributed by atoms with Crippen LogP contribution in [0.15, 0.2) is 11.2 Å². The molecule has 1 aromatic rings. The second-order valence-electron chi connectivity index (χ2n) is 7.83. The van der Waals surface area contributed by atoms with E-state index in [-0.39, 0.29) is 11.9 Å². The lowest BCUT2D eigenvalue weighted by Gasteiger charge is -2.41. The maximum absolute atomic E-state index is 12.2. The van der Waals surface area contributed by atoms with E-state index in [1.165, 1.54) is 0 Å². The summed E-state index contributed by atoms with van der Waals surface area (Å²) in [6, 6.07) is 2.46. The summed E-state index contributed by atoms with van der Waals surface area (Å²) in [5.41, 5.74) is 10.1. The first-order valence-electron chi connectivity index (χ1n) is 10.3.